The Morgan fingerprint density at radius 3 is 2.68 bits per heavy atom. The average molecular weight is 527 g/mol. The molecule has 0 amide bonds. The number of Topliss-reactive ketones (excluding diaryl/α,β-unsaturated/α-hetero) is 1. The van der Waals surface area contributed by atoms with Gasteiger partial charge in [0.2, 0.25) is 0 Å². The second kappa shape index (κ2) is 9.17. The number of carbonyl (C=O) groups excluding carboxylic acids is 1. The first-order chi connectivity index (χ1) is 17.8. The molecule has 1 aromatic rings. The van der Waals surface area contributed by atoms with Crippen molar-refractivity contribution in [3.05, 3.63) is 36.2 Å². The third-order valence-electron chi connectivity index (χ3n) is 11.2. The van der Waals surface area contributed by atoms with Crippen LogP contribution in [0.3, 0.4) is 0 Å². The van der Waals surface area contributed by atoms with Gasteiger partial charge in [-0.2, -0.15) is 0 Å². The van der Waals surface area contributed by atoms with Gasteiger partial charge < -0.3 is 24.8 Å². The van der Waals surface area contributed by atoms with E-state index in [0.29, 0.717) is 30.3 Å². The fraction of sp³-hybridized carbons (Fsp3) is 0.655. The minimum absolute atomic E-state index is 0.0480. The largest absolute Gasteiger partial charge is 0.491 e. The number of hydrogen-bond acceptors (Lipinski definition) is 6. The van der Waals surface area contributed by atoms with Gasteiger partial charge in [-0.1, -0.05) is 33.8 Å². The third kappa shape index (κ3) is 3.72. The lowest BCUT2D eigenvalue weighted by molar-refractivity contribution is -0.164. The summed E-state index contributed by atoms with van der Waals surface area (Å²) >= 11 is 0. The van der Waals surface area contributed by atoms with Crippen LogP contribution in [0, 0.1) is 39.8 Å². The van der Waals surface area contributed by atoms with Crippen LogP contribution in [-0.2, 0) is 20.9 Å². The van der Waals surface area contributed by atoms with E-state index in [1.54, 1.807) is 11.0 Å². The lowest BCUT2D eigenvalue weighted by atomic mass is 9.43. The van der Waals surface area contributed by atoms with Crippen molar-refractivity contribution in [2.75, 3.05) is 11.4 Å². The number of hydrogen-bond donors (Lipinski definition) is 3. The lowest BCUT2D eigenvalue weighted by Gasteiger charge is -2.64. The van der Waals surface area contributed by atoms with Crippen LogP contribution in [0.5, 0.6) is 0 Å². The maximum Gasteiger partial charge on any atom is 0.491 e. The van der Waals surface area contributed by atoms with E-state index in [1.165, 1.54) is 12.1 Å². The van der Waals surface area contributed by atoms with Crippen LogP contribution in [-0.4, -0.2) is 52.8 Å². The summed E-state index contributed by atoms with van der Waals surface area (Å²) in [5, 5.41) is 32.2. The molecule has 1 aromatic carbocycles. The summed E-state index contributed by atoms with van der Waals surface area (Å²) in [5.41, 5.74) is -0.926. The number of fused-ring (bicyclic) bond motifs is 1. The zero-order chi connectivity index (χ0) is 27.8. The van der Waals surface area contributed by atoms with E-state index < -0.39 is 53.8 Å². The summed E-state index contributed by atoms with van der Waals surface area (Å²) in [7, 11) is -1.22. The number of carboxylic acid groups (broad SMARTS) is 1. The Morgan fingerprint density at radius 2 is 2.03 bits per heavy atom. The smallest absolute Gasteiger partial charge is 0.480 e. The number of benzene rings is 1. The molecule has 8 atom stereocenters. The fourth-order valence-corrected chi connectivity index (χ4v) is 8.78. The van der Waals surface area contributed by atoms with E-state index in [-0.39, 0.29) is 35.8 Å². The molecule has 0 radical (unpaired) electrons. The molecule has 0 spiro atoms. The summed E-state index contributed by atoms with van der Waals surface area (Å²) in [5.74, 6) is -2.08. The molecule has 9 heteroatoms. The molecule has 38 heavy (non-hydrogen) atoms. The average Bonchev–Trinajstić information content (AvgIpc) is 3.41. The summed E-state index contributed by atoms with van der Waals surface area (Å²) in [6.07, 6.45) is 4.00. The van der Waals surface area contributed by atoms with Crippen molar-refractivity contribution < 1.29 is 33.9 Å². The number of ketones is 1. The predicted octanol–water partition coefficient (Wildman–Crippen LogP) is 3.30. The van der Waals surface area contributed by atoms with E-state index in [4.69, 9.17) is 4.65 Å². The molecule has 2 bridgehead atoms. The first kappa shape index (κ1) is 27.3. The number of aliphatic hydroxyl groups is 1. The lowest BCUT2D eigenvalue weighted by Crippen LogP contribution is -2.66. The van der Waals surface area contributed by atoms with Gasteiger partial charge in [0.25, 0.3) is 0 Å². The van der Waals surface area contributed by atoms with Gasteiger partial charge in [0.05, 0.1) is 18.4 Å². The van der Waals surface area contributed by atoms with E-state index in [2.05, 4.69) is 20.4 Å². The molecule has 3 fully saturated rings. The Hall–Kier alpha value is -2.23. The van der Waals surface area contributed by atoms with Crippen molar-refractivity contribution in [1.82, 2.24) is 0 Å². The van der Waals surface area contributed by atoms with Crippen LogP contribution >= 0.6 is 0 Å². The Balaban J connectivity index is 1.77. The van der Waals surface area contributed by atoms with Crippen LogP contribution < -0.4 is 10.4 Å². The van der Waals surface area contributed by atoms with Crippen molar-refractivity contribution in [2.24, 2.45) is 34.0 Å². The highest BCUT2D eigenvalue weighted by atomic mass is 19.1. The summed E-state index contributed by atoms with van der Waals surface area (Å²) in [6, 6.07) is 2.20. The monoisotopic (exact) mass is 527 g/mol. The number of nitrogens with zero attached hydrogens (tertiary/aromatic N) is 1. The molecule has 7 nitrogen and oxygen atoms in total. The third-order valence-corrected chi connectivity index (χ3v) is 11.2. The van der Waals surface area contributed by atoms with Crippen LogP contribution in [0.1, 0.15) is 65.4 Å². The summed E-state index contributed by atoms with van der Waals surface area (Å²) in [4.78, 5) is 27.6. The maximum absolute atomic E-state index is 15.8. The van der Waals surface area contributed by atoms with Gasteiger partial charge in [-0.3, -0.25) is 9.59 Å². The SMILES string of the molecule is C=C[C@]1(C)C[C@@H](N(CC(=O)O)c2cc3c(cc2F)COB3O)[C@]2(C)[C@H](C)CC[C@]3(CCC(=O)[C@H]32)[C@@H](C)[C@@H]1O. The number of halogens is 1. The molecule has 3 N–H and O–H groups in total. The van der Waals surface area contributed by atoms with Gasteiger partial charge in [-0.15, -0.1) is 6.58 Å². The number of aliphatic hydroxyl groups excluding tert-OH is 1. The molecular weight excluding hydrogens is 488 g/mol. The Bertz CT molecular complexity index is 1180. The highest BCUT2D eigenvalue weighted by Gasteiger charge is 2.68. The van der Waals surface area contributed by atoms with Gasteiger partial charge >= 0.3 is 13.1 Å². The van der Waals surface area contributed by atoms with Gasteiger partial charge in [-0.25, -0.2) is 4.39 Å². The van der Waals surface area contributed by atoms with Gasteiger partial charge in [0, 0.05) is 29.2 Å². The zero-order valence-electron chi connectivity index (χ0n) is 22.7. The quantitative estimate of drug-likeness (QED) is 0.399. The van der Waals surface area contributed by atoms with Crippen molar-refractivity contribution in [3.63, 3.8) is 0 Å². The Kier molecular flexibility index (Phi) is 6.60. The summed E-state index contributed by atoms with van der Waals surface area (Å²) < 4.78 is 21.1. The highest BCUT2D eigenvalue weighted by molar-refractivity contribution is 6.61. The molecule has 0 saturated heterocycles. The standard InChI is InChI=1S/C29H39BFNO6/c1-6-27(4)13-23(32(14-24(34)35)21-12-19-18(11-20(21)31)15-38-30(19)37)28(5)16(2)7-9-29(17(3)26(27)36)10-8-22(33)25(28)29/h6,11-12,16-17,23,25-26,36-37H,1,7-10,13-15H2,2-5H3,(H,34,35)/t16-,17+,23-,25+,26+,27-,28+,29+/m1/s1. The predicted molar refractivity (Wildman–Crippen MR) is 142 cm³/mol. The number of rotatable bonds is 5. The second-order valence-electron chi connectivity index (χ2n) is 12.8. The number of carbonyl (C=O) groups is 2. The van der Waals surface area contributed by atoms with E-state index in [0.717, 1.165) is 12.8 Å². The molecule has 4 aliphatic rings. The molecule has 1 aliphatic heterocycles. The summed E-state index contributed by atoms with van der Waals surface area (Å²) in [6.45, 7) is 11.8. The number of carboxylic acids is 1. The van der Waals surface area contributed by atoms with Crippen LogP contribution in [0.25, 0.3) is 0 Å². The van der Waals surface area contributed by atoms with Crippen molar-refractivity contribution in [2.45, 2.75) is 78.6 Å². The molecule has 0 aromatic heterocycles. The minimum Gasteiger partial charge on any atom is -0.480 e. The maximum atomic E-state index is 15.8. The second-order valence-corrected chi connectivity index (χ2v) is 12.8. The topological polar surface area (TPSA) is 107 Å². The van der Waals surface area contributed by atoms with Crippen molar-refractivity contribution in [3.8, 4) is 0 Å². The first-order valence-electron chi connectivity index (χ1n) is 13.7. The van der Waals surface area contributed by atoms with Crippen molar-refractivity contribution >= 4 is 30.0 Å². The van der Waals surface area contributed by atoms with E-state index in [1.807, 2.05) is 13.8 Å². The normalized spacial score (nSPS) is 40.2. The minimum atomic E-state index is -1.22. The van der Waals surface area contributed by atoms with Gasteiger partial charge in [0.1, 0.15) is 18.1 Å². The fourth-order valence-electron chi connectivity index (χ4n) is 8.78. The van der Waals surface area contributed by atoms with E-state index >= 15 is 4.39 Å². The number of anilines is 1. The molecule has 3 aliphatic carbocycles. The molecule has 1 heterocycles. The van der Waals surface area contributed by atoms with E-state index in [9.17, 15) is 24.8 Å². The molecular formula is C29H39BFNO6. The highest BCUT2D eigenvalue weighted by Crippen LogP contribution is 2.68. The molecule has 3 saturated carbocycles. The Morgan fingerprint density at radius 1 is 1.32 bits per heavy atom. The number of aliphatic carboxylic acids is 1. The first-order valence-corrected chi connectivity index (χ1v) is 13.7. The zero-order valence-corrected chi connectivity index (χ0v) is 22.7. The van der Waals surface area contributed by atoms with Crippen LogP contribution in [0.4, 0.5) is 10.1 Å². The van der Waals surface area contributed by atoms with Gasteiger partial charge in [-0.05, 0) is 66.1 Å². The van der Waals surface area contributed by atoms with Gasteiger partial charge in [0.15, 0.2) is 0 Å². The van der Waals surface area contributed by atoms with Crippen LogP contribution in [0.15, 0.2) is 24.8 Å². The molecule has 206 valence electrons. The van der Waals surface area contributed by atoms with Crippen LogP contribution in [0.2, 0.25) is 0 Å². The molecule has 5 rings (SSSR count). The molecule has 0 unspecified atom stereocenters. The van der Waals surface area contributed by atoms with Crippen molar-refractivity contribution in [1.29, 1.82) is 0 Å². The Labute approximate surface area is 224 Å².